The lowest BCUT2D eigenvalue weighted by molar-refractivity contribution is -0.187. The van der Waals surface area contributed by atoms with Crippen LogP contribution in [0, 0.1) is 5.92 Å². The molecule has 1 aromatic carbocycles. The third-order valence-electron chi connectivity index (χ3n) is 5.33. The first kappa shape index (κ1) is 21.4. The van der Waals surface area contributed by atoms with Crippen molar-refractivity contribution in [3.8, 4) is 0 Å². The SMILES string of the molecule is CC(C)(C)[S@@+]([O-])N(Cc1ccccc1)[C@H](C1CC1)[C@@H]1CCC(N=[N+]=[N-])C(O)O1. The van der Waals surface area contributed by atoms with Crippen molar-refractivity contribution in [1.82, 2.24) is 4.31 Å². The average Bonchev–Trinajstić information content (AvgIpc) is 3.48. The molecule has 2 fully saturated rings. The van der Waals surface area contributed by atoms with E-state index in [2.05, 4.69) is 14.3 Å². The van der Waals surface area contributed by atoms with Crippen molar-refractivity contribution in [3.63, 3.8) is 0 Å². The summed E-state index contributed by atoms with van der Waals surface area (Å²) < 4.78 is 21.1. The Bertz CT molecular complexity index is 688. The van der Waals surface area contributed by atoms with Gasteiger partial charge in [0.2, 0.25) is 0 Å². The van der Waals surface area contributed by atoms with Crippen LogP contribution in [0.1, 0.15) is 52.0 Å². The zero-order chi connectivity index (χ0) is 20.3. The Labute approximate surface area is 170 Å². The lowest BCUT2D eigenvalue weighted by Gasteiger charge is -2.43. The Kier molecular flexibility index (Phi) is 6.91. The zero-order valence-corrected chi connectivity index (χ0v) is 17.6. The number of aliphatic hydroxyl groups is 1. The predicted molar refractivity (Wildman–Crippen MR) is 109 cm³/mol. The van der Waals surface area contributed by atoms with Gasteiger partial charge in [0.25, 0.3) is 0 Å². The van der Waals surface area contributed by atoms with E-state index in [9.17, 15) is 9.66 Å². The van der Waals surface area contributed by atoms with Crippen LogP contribution in [0.5, 0.6) is 0 Å². The standard InChI is InChI=1S/C20H30N4O3S/c1-20(2,3)28(26)24(13-14-7-5-4-6-8-14)18(15-9-10-15)17-12-11-16(22-23-21)19(25)27-17/h4-8,15-19,25H,9-13H2,1-3H3/t16?,17-,18+,19?,28+/m0/s1. The van der Waals surface area contributed by atoms with Gasteiger partial charge in [-0.1, -0.05) is 35.4 Å². The zero-order valence-electron chi connectivity index (χ0n) is 16.8. The molecule has 2 aliphatic rings. The highest BCUT2D eigenvalue weighted by Crippen LogP contribution is 2.43. The topological polar surface area (TPSA) is 105 Å². The van der Waals surface area contributed by atoms with Crippen LogP contribution in [-0.4, -0.2) is 43.2 Å². The van der Waals surface area contributed by atoms with Crippen molar-refractivity contribution in [2.24, 2.45) is 11.0 Å². The molecular weight excluding hydrogens is 376 g/mol. The van der Waals surface area contributed by atoms with Crippen LogP contribution in [0.2, 0.25) is 0 Å². The van der Waals surface area contributed by atoms with Gasteiger partial charge in [0.15, 0.2) is 6.29 Å². The van der Waals surface area contributed by atoms with Crippen LogP contribution < -0.4 is 0 Å². The van der Waals surface area contributed by atoms with Gasteiger partial charge in [-0.3, -0.25) is 0 Å². The van der Waals surface area contributed by atoms with Crippen LogP contribution >= 0.6 is 0 Å². The van der Waals surface area contributed by atoms with Crippen LogP contribution in [0.3, 0.4) is 0 Å². The predicted octanol–water partition coefficient (Wildman–Crippen LogP) is 3.91. The molecule has 1 N–H and O–H groups in total. The molecule has 3 rings (SSSR count). The van der Waals surface area contributed by atoms with Crippen molar-refractivity contribution >= 4 is 11.4 Å². The minimum Gasteiger partial charge on any atom is -0.597 e. The van der Waals surface area contributed by atoms with E-state index in [-0.39, 0.29) is 12.1 Å². The minimum absolute atomic E-state index is 0.0399. The van der Waals surface area contributed by atoms with Crippen LogP contribution in [0.4, 0.5) is 0 Å². The summed E-state index contributed by atoms with van der Waals surface area (Å²) in [6.07, 6.45) is 2.05. The summed E-state index contributed by atoms with van der Waals surface area (Å²) in [5.74, 6) is 0.406. The molecule has 8 heteroatoms. The lowest BCUT2D eigenvalue weighted by atomic mass is 9.95. The maximum absolute atomic E-state index is 13.5. The monoisotopic (exact) mass is 406 g/mol. The molecule has 1 saturated carbocycles. The van der Waals surface area contributed by atoms with Crippen molar-refractivity contribution in [3.05, 3.63) is 46.3 Å². The molecule has 0 amide bonds. The lowest BCUT2D eigenvalue weighted by Crippen LogP contribution is -2.55. The number of hydrogen-bond acceptors (Lipinski definition) is 5. The normalized spacial score (nSPS) is 27.9. The molecule has 2 unspecified atom stereocenters. The van der Waals surface area contributed by atoms with E-state index in [4.69, 9.17) is 10.3 Å². The van der Waals surface area contributed by atoms with E-state index >= 15 is 0 Å². The van der Waals surface area contributed by atoms with Crippen LogP contribution in [0.25, 0.3) is 10.4 Å². The second-order valence-corrected chi connectivity index (χ2v) is 10.9. The van der Waals surface area contributed by atoms with E-state index < -0.39 is 28.4 Å². The molecule has 0 bridgehead atoms. The molecule has 7 nitrogen and oxygen atoms in total. The largest absolute Gasteiger partial charge is 0.597 e. The maximum atomic E-state index is 13.5. The average molecular weight is 407 g/mol. The highest BCUT2D eigenvalue weighted by Gasteiger charge is 2.50. The molecule has 1 saturated heterocycles. The van der Waals surface area contributed by atoms with Gasteiger partial charge in [-0.25, -0.2) is 0 Å². The Morgan fingerprint density at radius 1 is 1.29 bits per heavy atom. The molecule has 154 valence electrons. The molecule has 1 aromatic rings. The van der Waals surface area contributed by atoms with Crippen LogP contribution in [0.15, 0.2) is 35.4 Å². The smallest absolute Gasteiger partial charge is 0.163 e. The number of ether oxygens (including phenoxy) is 1. The van der Waals surface area contributed by atoms with Gasteiger partial charge in [-0.2, -0.15) is 0 Å². The summed E-state index contributed by atoms with van der Waals surface area (Å²) in [4.78, 5) is 2.80. The third-order valence-corrected chi connectivity index (χ3v) is 7.17. The van der Waals surface area contributed by atoms with Crippen molar-refractivity contribution in [1.29, 1.82) is 0 Å². The summed E-state index contributed by atoms with van der Waals surface area (Å²) in [6.45, 7) is 6.53. The number of nitrogens with zero attached hydrogens (tertiary/aromatic N) is 4. The van der Waals surface area contributed by atoms with Gasteiger partial charge in [0.1, 0.15) is 4.75 Å². The van der Waals surface area contributed by atoms with Gasteiger partial charge in [-0.15, -0.1) is 4.31 Å². The van der Waals surface area contributed by atoms with Gasteiger partial charge in [0, 0.05) is 16.3 Å². The van der Waals surface area contributed by atoms with E-state index in [0.717, 1.165) is 18.4 Å². The minimum atomic E-state index is -1.22. The summed E-state index contributed by atoms with van der Waals surface area (Å²) in [6, 6.07) is 9.45. The second kappa shape index (κ2) is 9.03. The first-order valence-corrected chi connectivity index (χ1v) is 11.0. The quantitative estimate of drug-likeness (QED) is 0.321. The van der Waals surface area contributed by atoms with E-state index in [0.29, 0.717) is 25.3 Å². The van der Waals surface area contributed by atoms with E-state index in [1.54, 1.807) is 0 Å². The Morgan fingerprint density at radius 2 is 1.96 bits per heavy atom. The highest BCUT2D eigenvalue weighted by molar-refractivity contribution is 7.90. The Morgan fingerprint density at radius 3 is 2.50 bits per heavy atom. The molecular formula is C20H30N4O3S. The van der Waals surface area contributed by atoms with Gasteiger partial charge in [0.05, 0.1) is 24.7 Å². The van der Waals surface area contributed by atoms with Gasteiger partial charge in [-0.05, 0) is 63.5 Å². The molecule has 0 aromatic heterocycles. The first-order valence-electron chi connectivity index (χ1n) is 9.91. The number of aliphatic hydroxyl groups excluding tert-OH is 1. The number of hydrogen-bond donors (Lipinski definition) is 1. The third kappa shape index (κ3) is 5.20. The highest BCUT2D eigenvalue weighted by atomic mass is 32.2. The molecule has 0 spiro atoms. The maximum Gasteiger partial charge on any atom is 0.163 e. The fourth-order valence-electron chi connectivity index (χ4n) is 3.80. The van der Waals surface area contributed by atoms with Crippen LogP contribution in [-0.2, 0) is 22.6 Å². The van der Waals surface area contributed by atoms with E-state index in [1.165, 1.54) is 0 Å². The fraction of sp³-hybridized carbons (Fsp3) is 0.700. The summed E-state index contributed by atoms with van der Waals surface area (Å²) in [5, 5.41) is 13.9. The van der Waals surface area contributed by atoms with Crippen molar-refractivity contribution in [2.45, 2.75) is 82.2 Å². The first-order chi connectivity index (χ1) is 13.3. The van der Waals surface area contributed by atoms with Gasteiger partial charge < -0.3 is 14.4 Å². The molecule has 1 aliphatic heterocycles. The summed E-state index contributed by atoms with van der Waals surface area (Å²) in [7, 11) is 0. The fourth-order valence-corrected chi connectivity index (χ4v) is 5.30. The summed E-state index contributed by atoms with van der Waals surface area (Å²) in [5.41, 5.74) is 9.77. The van der Waals surface area contributed by atoms with E-state index in [1.807, 2.05) is 51.1 Å². The number of benzene rings is 1. The molecule has 0 radical (unpaired) electrons. The van der Waals surface area contributed by atoms with Gasteiger partial charge >= 0.3 is 0 Å². The molecule has 28 heavy (non-hydrogen) atoms. The summed E-state index contributed by atoms with van der Waals surface area (Å²) >= 11 is -1.22. The van der Waals surface area contributed by atoms with Crippen molar-refractivity contribution < 1.29 is 14.4 Å². The second-order valence-electron chi connectivity index (χ2n) is 8.67. The van der Waals surface area contributed by atoms with Crippen molar-refractivity contribution in [2.75, 3.05) is 0 Å². The molecule has 1 heterocycles. The Hall–Kier alpha value is -1.28. The Balaban J connectivity index is 1.85. The number of rotatable bonds is 7. The molecule has 1 aliphatic carbocycles. The molecule has 5 atom stereocenters. The number of azide groups is 1.